The molecule has 0 atom stereocenters. The molecule has 1 heterocycles. The highest BCUT2D eigenvalue weighted by Crippen LogP contribution is 2.64. The van der Waals surface area contributed by atoms with Gasteiger partial charge >= 0.3 is 0 Å². The van der Waals surface area contributed by atoms with E-state index in [1.807, 2.05) is 0 Å². The molecule has 304 valence electrons. The number of fused-ring (bicyclic) bond motifs is 12. The van der Waals surface area contributed by atoms with E-state index in [-0.39, 0.29) is 0 Å². The third kappa shape index (κ3) is 5.60. The average Bonchev–Trinajstić information content (AvgIpc) is 3.68. The van der Waals surface area contributed by atoms with Gasteiger partial charge in [-0.1, -0.05) is 212 Å². The van der Waals surface area contributed by atoms with Gasteiger partial charge in [0.2, 0.25) is 0 Å². The lowest BCUT2D eigenvalue weighted by Crippen LogP contribution is -2.32. The normalized spacial score (nSPS) is 12.9. The first-order valence-electron chi connectivity index (χ1n) is 22.4. The van der Waals surface area contributed by atoms with Crippen LogP contribution in [0.2, 0.25) is 0 Å². The van der Waals surface area contributed by atoms with Crippen molar-refractivity contribution in [1.82, 2.24) is 0 Å². The van der Waals surface area contributed by atoms with Gasteiger partial charge in [-0.25, -0.2) is 0 Å². The minimum atomic E-state index is -0.603. The highest BCUT2D eigenvalue weighted by Gasteiger charge is 2.52. The summed E-state index contributed by atoms with van der Waals surface area (Å²) in [5.41, 5.74) is 17.0. The van der Waals surface area contributed by atoms with Gasteiger partial charge in [0.25, 0.3) is 0 Å². The zero-order chi connectivity index (χ0) is 42.9. The first-order chi connectivity index (χ1) is 32.3. The number of rotatable bonds is 6. The molecule has 2 nitrogen and oxygen atoms in total. The Bertz CT molecular complexity index is 3620. The first-order valence-corrected chi connectivity index (χ1v) is 22.4. The van der Waals surface area contributed by atoms with E-state index < -0.39 is 5.41 Å². The smallest absolute Gasteiger partial charge is 0.132 e. The number of hydrogen-bond acceptors (Lipinski definition) is 2. The summed E-state index contributed by atoms with van der Waals surface area (Å²) in [5, 5.41) is 4.92. The number of nitrogens with zero attached hydrogens (tertiary/aromatic N) is 1. The van der Waals surface area contributed by atoms with Crippen LogP contribution in [0, 0.1) is 0 Å². The number of para-hydroxylation sites is 3. The molecule has 2 heteroatoms. The maximum absolute atomic E-state index is 6.72. The van der Waals surface area contributed by atoms with Crippen LogP contribution in [-0.4, -0.2) is 0 Å². The van der Waals surface area contributed by atoms with Crippen LogP contribution in [-0.2, 0) is 5.41 Å². The maximum atomic E-state index is 6.72. The fraction of sp³-hybridized carbons (Fsp3) is 0.0159. The Labute approximate surface area is 378 Å². The van der Waals surface area contributed by atoms with Gasteiger partial charge in [-0.3, -0.25) is 0 Å². The molecule has 0 amide bonds. The van der Waals surface area contributed by atoms with E-state index in [0.717, 1.165) is 45.3 Å². The highest BCUT2D eigenvalue weighted by atomic mass is 16.5. The average molecular weight is 828 g/mol. The third-order valence-electron chi connectivity index (χ3n) is 13.7. The summed E-state index contributed by atoms with van der Waals surface area (Å²) >= 11 is 0. The SMILES string of the molecule is c1ccc(-c2ccccc2-c2ccccc2-c2ccccc2N(c2ccc3c(ccc4ccccc43)c2)c2cccc3c2-c2ccccc2C32c3ccccc3Oc3ccccc32)cc1. The Morgan fingerprint density at radius 2 is 0.815 bits per heavy atom. The monoisotopic (exact) mass is 827 g/mol. The highest BCUT2D eigenvalue weighted by molar-refractivity contribution is 6.10. The fourth-order valence-corrected chi connectivity index (χ4v) is 11.1. The molecular formula is C63H41NO. The first kappa shape index (κ1) is 37.1. The summed E-state index contributed by atoms with van der Waals surface area (Å²) in [4.78, 5) is 2.52. The van der Waals surface area contributed by atoms with Crippen molar-refractivity contribution in [3.05, 3.63) is 271 Å². The minimum Gasteiger partial charge on any atom is -0.457 e. The Balaban J connectivity index is 1.11. The Hall–Kier alpha value is -8.46. The maximum Gasteiger partial charge on any atom is 0.132 e. The molecule has 0 bridgehead atoms. The molecule has 1 spiro atoms. The van der Waals surface area contributed by atoms with Crippen molar-refractivity contribution >= 4 is 38.6 Å². The Morgan fingerprint density at radius 1 is 0.308 bits per heavy atom. The molecule has 65 heavy (non-hydrogen) atoms. The molecule has 13 rings (SSSR count). The molecule has 2 aliphatic rings. The lowest BCUT2D eigenvalue weighted by molar-refractivity contribution is 0.436. The molecule has 0 unspecified atom stereocenters. The van der Waals surface area contributed by atoms with Crippen LogP contribution < -0.4 is 9.64 Å². The predicted molar refractivity (Wildman–Crippen MR) is 270 cm³/mol. The lowest BCUT2D eigenvalue weighted by atomic mass is 9.66. The molecule has 11 aromatic rings. The van der Waals surface area contributed by atoms with Gasteiger partial charge in [0.05, 0.1) is 16.8 Å². The summed E-state index contributed by atoms with van der Waals surface area (Å²) in [6.45, 7) is 0. The second-order valence-corrected chi connectivity index (χ2v) is 17.1. The Morgan fingerprint density at radius 3 is 1.57 bits per heavy atom. The molecule has 0 fully saturated rings. The van der Waals surface area contributed by atoms with Crippen molar-refractivity contribution in [1.29, 1.82) is 0 Å². The second kappa shape index (κ2) is 14.8. The molecular weight excluding hydrogens is 787 g/mol. The fourth-order valence-electron chi connectivity index (χ4n) is 11.1. The molecule has 0 saturated heterocycles. The molecule has 0 N–H and O–H groups in total. The minimum absolute atomic E-state index is 0.603. The molecule has 11 aromatic carbocycles. The van der Waals surface area contributed by atoms with Gasteiger partial charge in [-0.15, -0.1) is 0 Å². The van der Waals surface area contributed by atoms with E-state index in [4.69, 9.17) is 4.74 Å². The topological polar surface area (TPSA) is 12.5 Å². The van der Waals surface area contributed by atoms with Crippen LogP contribution in [0.1, 0.15) is 22.3 Å². The van der Waals surface area contributed by atoms with E-state index in [0.29, 0.717) is 0 Å². The summed E-state index contributed by atoms with van der Waals surface area (Å²) in [7, 11) is 0. The van der Waals surface area contributed by atoms with Gasteiger partial charge in [-0.05, 0) is 102 Å². The summed E-state index contributed by atoms with van der Waals surface area (Å²) in [6.07, 6.45) is 0. The van der Waals surface area contributed by atoms with E-state index in [2.05, 4.69) is 254 Å². The van der Waals surface area contributed by atoms with Crippen molar-refractivity contribution in [3.63, 3.8) is 0 Å². The standard InChI is InChI=1S/C63H41NO/c1-2-19-42(20-3-1)47-23-6-7-24-49(47)50-25-8-9-26-51(50)52-27-11-15-33-58(52)64(45-39-40-48-44(41-45)38-37-43-21-4-5-22-46(43)48)59-34-18-32-57-62(59)53-28-10-12-29-54(53)63(57)55-30-13-16-35-60(55)65-61-36-17-14-31-56(61)63/h1-41H. The van der Waals surface area contributed by atoms with E-state index in [9.17, 15) is 0 Å². The van der Waals surface area contributed by atoms with Crippen molar-refractivity contribution in [2.24, 2.45) is 0 Å². The van der Waals surface area contributed by atoms with Crippen molar-refractivity contribution in [2.45, 2.75) is 5.41 Å². The number of benzene rings is 11. The summed E-state index contributed by atoms with van der Waals surface area (Å²) in [5.74, 6) is 1.77. The molecule has 1 aliphatic carbocycles. The van der Waals surface area contributed by atoms with Gasteiger partial charge in [0.15, 0.2) is 0 Å². The van der Waals surface area contributed by atoms with Crippen LogP contribution >= 0.6 is 0 Å². The molecule has 1 aliphatic heterocycles. The van der Waals surface area contributed by atoms with Crippen molar-refractivity contribution in [2.75, 3.05) is 4.90 Å². The molecule has 0 radical (unpaired) electrons. The van der Waals surface area contributed by atoms with E-state index in [1.54, 1.807) is 0 Å². The van der Waals surface area contributed by atoms with Gasteiger partial charge in [-0.2, -0.15) is 0 Å². The number of anilines is 3. The van der Waals surface area contributed by atoms with Gasteiger partial charge in [0, 0.05) is 27.9 Å². The second-order valence-electron chi connectivity index (χ2n) is 17.1. The lowest BCUT2D eigenvalue weighted by Gasteiger charge is -2.39. The summed E-state index contributed by atoms with van der Waals surface area (Å²) in [6, 6.07) is 90.8. The summed E-state index contributed by atoms with van der Waals surface area (Å²) < 4.78 is 6.72. The predicted octanol–water partition coefficient (Wildman–Crippen LogP) is 16.9. The Kier molecular flexibility index (Phi) is 8.47. The quantitative estimate of drug-likeness (QED) is 0.155. The van der Waals surface area contributed by atoms with Crippen LogP contribution in [0.5, 0.6) is 11.5 Å². The van der Waals surface area contributed by atoms with Crippen LogP contribution in [0.15, 0.2) is 249 Å². The van der Waals surface area contributed by atoms with E-state index in [1.165, 1.54) is 71.6 Å². The molecule has 0 saturated carbocycles. The third-order valence-corrected chi connectivity index (χ3v) is 13.7. The zero-order valence-electron chi connectivity index (χ0n) is 35.5. The van der Waals surface area contributed by atoms with Gasteiger partial charge < -0.3 is 9.64 Å². The van der Waals surface area contributed by atoms with Gasteiger partial charge in [0.1, 0.15) is 11.5 Å². The largest absolute Gasteiger partial charge is 0.457 e. The zero-order valence-corrected chi connectivity index (χ0v) is 35.5. The van der Waals surface area contributed by atoms with Crippen molar-refractivity contribution < 1.29 is 4.74 Å². The van der Waals surface area contributed by atoms with Crippen LogP contribution in [0.25, 0.3) is 66.1 Å². The van der Waals surface area contributed by atoms with Crippen LogP contribution in [0.3, 0.4) is 0 Å². The number of hydrogen-bond donors (Lipinski definition) is 0. The van der Waals surface area contributed by atoms with Crippen molar-refractivity contribution in [3.8, 4) is 56.0 Å². The molecule has 0 aromatic heterocycles. The van der Waals surface area contributed by atoms with E-state index >= 15 is 0 Å². The number of ether oxygens (including phenoxy) is 1. The van der Waals surface area contributed by atoms with Crippen LogP contribution in [0.4, 0.5) is 17.1 Å².